The van der Waals surface area contributed by atoms with Gasteiger partial charge in [0.25, 0.3) is 22.6 Å². The van der Waals surface area contributed by atoms with E-state index < -0.39 is 83.8 Å². The second kappa shape index (κ2) is 36.5. The van der Waals surface area contributed by atoms with Gasteiger partial charge in [-0.1, -0.05) is 108 Å². The number of carbonyl (C=O) groups is 3. The van der Waals surface area contributed by atoms with Crippen molar-refractivity contribution in [3.63, 3.8) is 0 Å². The zero-order chi connectivity index (χ0) is 76.0. The molecule has 0 saturated heterocycles. The largest absolute Gasteiger partial charge is 0.505 e. The van der Waals surface area contributed by atoms with Gasteiger partial charge in [-0.15, -0.1) is 0 Å². The van der Waals surface area contributed by atoms with E-state index in [1.54, 1.807) is 61.0 Å². The fourth-order valence-electron chi connectivity index (χ4n) is 14.2. The summed E-state index contributed by atoms with van der Waals surface area (Å²) in [6, 6.07) is 27.6. The lowest BCUT2D eigenvalue weighted by Gasteiger charge is -2.43. The summed E-state index contributed by atoms with van der Waals surface area (Å²) in [4.78, 5) is 91.3. The van der Waals surface area contributed by atoms with Gasteiger partial charge in [-0.25, -0.2) is 22.8 Å². The molecule has 0 aliphatic carbocycles. The monoisotopic (exact) mass is 1580 g/mol. The molecule has 0 saturated carbocycles. The third kappa shape index (κ3) is 17.4. The number of carbonyl (C=O) groups excluding carboxylic acids is 3. The molecule has 1 amide bonds. The number of pyridine rings is 6. The Labute approximate surface area is 647 Å². The van der Waals surface area contributed by atoms with Crippen LogP contribution in [0.5, 0.6) is 34.5 Å². The topological polar surface area (TPSA) is 313 Å². The average molecular weight is 1580 g/mol. The van der Waals surface area contributed by atoms with Gasteiger partial charge in [-0.05, 0) is 89.1 Å². The number of aliphatic hydroxyl groups excluding tert-OH is 2. The van der Waals surface area contributed by atoms with E-state index in [1.165, 1.54) is 65.0 Å². The molecule has 109 heavy (non-hydrogen) atoms. The van der Waals surface area contributed by atoms with Crippen molar-refractivity contribution in [2.75, 3.05) is 40.1 Å². The van der Waals surface area contributed by atoms with E-state index in [4.69, 9.17) is 37.8 Å². The number of rotatable bonds is 22. The maximum atomic E-state index is 14.4. The molecular formula is C78H88F3N7O17S3Si. The van der Waals surface area contributed by atoms with Gasteiger partial charge in [0.2, 0.25) is 8.32 Å². The van der Waals surface area contributed by atoms with Gasteiger partial charge in [0, 0.05) is 61.6 Å². The SMILES string of the molecule is CCOC(=O)c1c(O)c2ncc(Cc3ccc(F)cc3)c3c2n(c1=O)C[C@@H](CO)O3.CCOC(=O)c1c(OCc2ccccc2)c2ncc(Cc3ccc(F)cc3)c3c2n(c1=O)C[C@@H](CO[Si](C(C)C)(C(C)C)C(C)C)O3.CNC(=O)c1c(O)c2ncc(Cc3ccc(F)cc3)c3c2n(c1=O)C[C@@H](CO)O3.S.S.S. The molecular weight excluding hydrogens is 1490 g/mol. The Kier molecular flexibility index (Phi) is 28.4. The fourth-order valence-corrected chi connectivity index (χ4v) is 19.6. The first-order valence-electron chi connectivity index (χ1n) is 34.8. The summed E-state index contributed by atoms with van der Waals surface area (Å²) < 4.78 is 86.2. The number of aromatic hydroxyl groups is 2. The Morgan fingerprint density at radius 1 is 0.523 bits per heavy atom. The molecule has 13 rings (SSSR count). The summed E-state index contributed by atoms with van der Waals surface area (Å²) in [6.45, 7) is 16.6. The summed E-state index contributed by atoms with van der Waals surface area (Å²) in [5.74, 6) is -3.50. The maximum Gasteiger partial charge on any atom is 0.347 e. The first kappa shape index (κ1) is 84.7. The van der Waals surface area contributed by atoms with Gasteiger partial charge in [0.05, 0.1) is 52.7 Å². The molecule has 24 nitrogen and oxygen atoms in total. The van der Waals surface area contributed by atoms with E-state index in [1.807, 2.05) is 30.3 Å². The summed E-state index contributed by atoms with van der Waals surface area (Å²) in [7, 11) is -0.907. The van der Waals surface area contributed by atoms with Crippen molar-refractivity contribution < 1.29 is 80.8 Å². The fraction of sp³-hybridized carbons (Fsp3) is 0.346. The van der Waals surface area contributed by atoms with E-state index in [0.717, 1.165) is 27.8 Å². The molecule has 0 fully saturated rings. The van der Waals surface area contributed by atoms with Crippen LogP contribution in [0, 0.1) is 17.5 Å². The van der Waals surface area contributed by atoms with Gasteiger partial charge in [0.15, 0.2) is 45.6 Å². The molecule has 0 unspecified atom stereocenters. The molecule has 3 aliphatic rings. The van der Waals surface area contributed by atoms with Crippen LogP contribution in [0.15, 0.2) is 136 Å². The third-order valence-electron chi connectivity index (χ3n) is 19.0. The van der Waals surface area contributed by atoms with Crippen molar-refractivity contribution in [2.45, 2.75) is 136 Å². The minimum absolute atomic E-state index is 0. The van der Waals surface area contributed by atoms with E-state index >= 15 is 0 Å². The van der Waals surface area contributed by atoms with Crippen molar-refractivity contribution in [1.82, 2.24) is 34.0 Å². The zero-order valence-corrected chi connectivity index (χ0v) is 65.4. The summed E-state index contributed by atoms with van der Waals surface area (Å²) in [6.07, 6.45) is 3.72. The second-order valence-electron chi connectivity index (χ2n) is 26.7. The molecule has 3 atom stereocenters. The van der Waals surface area contributed by atoms with Crippen molar-refractivity contribution >= 4 is 99.8 Å². The number of hydrogen-bond donors (Lipinski definition) is 5. The van der Waals surface area contributed by atoms with Gasteiger partial charge in [0.1, 0.15) is 81.0 Å². The maximum absolute atomic E-state index is 14.4. The normalized spacial score (nSPS) is 14.5. The standard InChI is InChI=1S/C37H45FN2O6Si.C21H19FN2O6.C20H18FN3O5.3H2S/c1-8-43-37(42)31-35(44-21-27-12-10-9-11-13-27)32-33-34(28(19-39-32)18-26-14-16-29(38)17-15-26)46-30(20-40(33)36(31)41)22-45-47(23(2)3,24(4)5)25(6)7;1-2-29-21(28)15-18(26)16-17-19(30-14(10-25)9-24(17)20(15)27)12(8-23-16)7-11-3-5-13(22)6-4-11;1-22-19(27)14-17(26)15-16-18(29-13(9-25)8-24(16)20(14)28)11(7-23-15)6-10-2-4-12(21)5-3-10;;;/h9-17,19,23-25,30H,8,18,20-22H2,1-7H3;3-6,8,14,25-26H,2,7,9-10H2,1H3;2-5,7,13,25-26H,6,8-9H2,1H3,(H,22,27);3*1H2/t30-;14-;13-;;;/m000.../s1. The third-order valence-corrected chi connectivity index (χ3v) is 25.1. The number of esters is 2. The molecule has 4 aromatic carbocycles. The lowest BCUT2D eigenvalue weighted by atomic mass is 10.0. The lowest BCUT2D eigenvalue weighted by molar-refractivity contribution is 0.0507. The smallest absolute Gasteiger partial charge is 0.347 e. The molecule has 0 bridgehead atoms. The molecule has 580 valence electrons. The van der Waals surface area contributed by atoms with E-state index in [2.05, 4.69) is 56.8 Å². The summed E-state index contributed by atoms with van der Waals surface area (Å²) in [5.41, 5.74) is 4.53. The number of ether oxygens (including phenoxy) is 6. The number of benzene rings is 4. The number of hydrogen-bond acceptors (Lipinski definition) is 20. The van der Waals surface area contributed by atoms with Crippen LogP contribution in [-0.4, -0.2) is 134 Å². The highest BCUT2D eigenvalue weighted by Crippen LogP contribution is 2.45. The second-order valence-corrected chi connectivity index (χ2v) is 32.2. The molecule has 3 aliphatic heterocycles. The number of nitrogens with zero attached hydrogens (tertiary/aromatic N) is 6. The minimum atomic E-state index is -2.26. The first-order valence-corrected chi connectivity index (χ1v) is 36.9. The van der Waals surface area contributed by atoms with Gasteiger partial charge in [-0.2, -0.15) is 40.5 Å². The zero-order valence-electron chi connectivity index (χ0n) is 61.4. The number of aliphatic hydroxyl groups is 2. The van der Waals surface area contributed by atoms with Gasteiger partial charge < -0.3 is 58.6 Å². The lowest BCUT2D eigenvalue weighted by Crippen LogP contribution is -2.50. The van der Waals surface area contributed by atoms with Crippen molar-refractivity contribution in [2.24, 2.45) is 0 Å². The average Bonchev–Trinajstić information content (AvgIpc) is 0.767. The van der Waals surface area contributed by atoms with Crippen LogP contribution in [0.4, 0.5) is 13.2 Å². The molecule has 0 spiro atoms. The molecule has 5 N–H and O–H groups in total. The highest BCUT2D eigenvalue weighted by Gasteiger charge is 2.46. The first-order chi connectivity index (χ1) is 50.8. The highest BCUT2D eigenvalue weighted by atomic mass is 32.1. The number of aromatic nitrogens is 6. The molecule has 31 heteroatoms. The molecule has 0 radical (unpaired) electrons. The van der Waals surface area contributed by atoms with Crippen LogP contribution in [-0.2, 0) is 59.4 Å². The Morgan fingerprint density at radius 3 is 1.28 bits per heavy atom. The Bertz CT molecular complexity index is 5130. The van der Waals surface area contributed by atoms with Crippen LogP contribution in [0.1, 0.15) is 125 Å². The van der Waals surface area contributed by atoms with Crippen molar-refractivity contribution in [3.05, 3.63) is 226 Å². The molecule has 9 heterocycles. The summed E-state index contributed by atoms with van der Waals surface area (Å²) >= 11 is 0. The quantitative estimate of drug-likeness (QED) is 0.0311. The van der Waals surface area contributed by atoms with Crippen LogP contribution >= 0.6 is 40.5 Å². The highest BCUT2D eigenvalue weighted by molar-refractivity contribution is 7.59. The van der Waals surface area contributed by atoms with E-state index in [9.17, 15) is 62.4 Å². The van der Waals surface area contributed by atoms with Crippen molar-refractivity contribution in [1.29, 1.82) is 0 Å². The van der Waals surface area contributed by atoms with E-state index in [0.29, 0.717) is 69.5 Å². The number of nitrogens with one attached hydrogen (secondary N) is 1. The van der Waals surface area contributed by atoms with Crippen LogP contribution in [0.2, 0.25) is 16.6 Å². The Hall–Kier alpha value is -9.89. The molecule has 10 aromatic rings. The van der Waals surface area contributed by atoms with Crippen LogP contribution in [0.25, 0.3) is 33.1 Å². The Balaban J connectivity index is 0.000000211. The van der Waals surface area contributed by atoms with E-state index in [-0.39, 0.29) is 156 Å². The number of halogens is 3. The van der Waals surface area contributed by atoms with Gasteiger partial charge >= 0.3 is 11.9 Å². The molecule has 6 aromatic heterocycles. The minimum Gasteiger partial charge on any atom is -0.505 e. The van der Waals surface area contributed by atoms with Crippen molar-refractivity contribution in [3.8, 4) is 34.5 Å². The predicted molar refractivity (Wildman–Crippen MR) is 421 cm³/mol. The Morgan fingerprint density at radius 2 is 0.881 bits per heavy atom. The van der Waals surface area contributed by atoms with Crippen LogP contribution in [0.3, 0.4) is 0 Å². The summed E-state index contributed by atoms with van der Waals surface area (Å²) in [5, 5.41) is 42.8. The van der Waals surface area contributed by atoms with Crippen LogP contribution < -0.4 is 40.9 Å². The number of amides is 1. The van der Waals surface area contributed by atoms with Gasteiger partial charge in [-0.3, -0.25) is 47.8 Å². The predicted octanol–water partition coefficient (Wildman–Crippen LogP) is 10.9.